The van der Waals surface area contributed by atoms with Crippen molar-refractivity contribution in [3.63, 3.8) is 0 Å². The predicted molar refractivity (Wildman–Crippen MR) is 92.8 cm³/mol. The number of ether oxygens (including phenoxy) is 2. The Morgan fingerprint density at radius 1 is 1.33 bits per heavy atom. The van der Waals surface area contributed by atoms with Gasteiger partial charge in [0.25, 0.3) is 0 Å². The van der Waals surface area contributed by atoms with Crippen LogP contribution in [0.1, 0.15) is 29.1 Å². The molecule has 0 spiro atoms. The van der Waals surface area contributed by atoms with Crippen LogP contribution in [-0.2, 0) is 22.6 Å². The zero-order chi connectivity index (χ0) is 16.4. The van der Waals surface area contributed by atoms with Gasteiger partial charge in [-0.15, -0.1) is 11.3 Å². The van der Waals surface area contributed by atoms with Crippen LogP contribution in [0.2, 0.25) is 0 Å². The summed E-state index contributed by atoms with van der Waals surface area (Å²) in [4.78, 5) is 11.2. The first kappa shape index (κ1) is 16.1. The number of fused-ring (bicyclic) bond motifs is 2. The van der Waals surface area contributed by atoms with E-state index >= 15 is 0 Å². The average Bonchev–Trinajstić information content (AvgIpc) is 3.13. The number of aryl methyl sites for hydroxylation is 1. The van der Waals surface area contributed by atoms with E-state index in [4.69, 9.17) is 9.47 Å². The summed E-state index contributed by atoms with van der Waals surface area (Å²) >= 11 is 1.75. The Labute approximate surface area is 146 Å². The summed E-state index contributed by atoms with van der Waals surface area (Å²) in [6, 6.07) is 4.44. The minimum Gasteiger partial charge on any atom is -0.374 e. The van der Waals surface area contributed by atoms with Gasteiger partial charge in [-0.3, -0.25) is 9.88 Å². The number of pyridine rings is 1. The molecule has 0 aromatic carbocycles. The topological polar surface area (TPSA) is 47.5 Å². The third-order valence-electron chi connectivity index (χ3n) is 4.87. The fourth-order valence-corrected chi connectivity index (χ4v) is 4.50. The van der Waals surface area contributed by atoms with E-state index in [1.807, 2.05) is 24.5 Å². The summed E-state index contributed by atoms with van der Waals surface area (Å²) in [7, 11) is 0. The van der Waals surface area contributed by atoms with E-state index in [-0.39, 0.29) is 12.2 Å². The van der Waals surface area contributed by atoms with E-state index in [9.17, 15) is 0 Å². The lowest BCUT2D eigenvalue weighted by atomic mass is 10.1. The van der Waals surface area contributed by atoms with Crippen molar-refractivity contribution in [2.75, 3.05) is 13.2 Å². The number of nitrogens with zero attached hydrogens (tertiary/aromatic N) is 3. The molecule has 3 heterocycles. The van der Waals surface area contributed by atoms with E-state index in [1.165, 1.54) is 5.01 Å². The van der Waals surface area contributed by atoms with E-state index in [1.54, 1.807) is 11.3 Å². The quantitative estimate of drug-likeness (QED) is 0.834. The molecule has 1 saturated heterocycles. The van der Waals surface area contributed by atoms with Gasteiger partial charge >= 0.3 is 0 Å². The number of hydrogen-bond donors (Lipinski definition) is 0. The highest BCUT2D eigenvalue weighted by Gasteiger charge is 2.43. The van der Waals surface area contributed by atoms with E-state index < -0.39 is 0 Å². The van der Waals surface area contributed by atoms with Crippen LogP contribution in [0.25, 0.3) is 0 Å². The van der Waals surface area contributed by atoms with Crippen molar-refractivity contribution in [2.45, 2.75) is 51.2 Å². The van der Waals surface area contributed by atoms with Crippen molar-refractivity contribution in [1.29, 1.82) is 0 Å². The number of rotatable bonds is 5. The number of hydrogen-bond acceptors (Lipinski definition) is 6. The molecule has 1 aliphatic heterocycles. The van der Waals surface area contributed by atoms with Gasteiger partial charge in [0.1, 0.15) is 5.01 Å². The van der Waals surface area contributed by atoms with Gasteiger partial charge in [0.05, 0.1) is 32.0 Å². The maximum atomic E-state index is 6.30. The highest BCUT2D eigenvalue weighted by atomic mass is 32.1. The molecule has 1 saturated carbocycles. The van der Waals surface area contributed by atoms with Gasteiger partial charge in [0.15, 0.2) is 0 Å². The Balaban J connectivity index is 1.45. The van der Waals surface area contributed by atoms with Crippen LogP contribution in [0.5, 0.6) is 0 Å². The van der Waals surface area contributed by atoms with Crippen molar-refractivity contribution < 1.29 is 9.47 Å². The van der Waals surface area contributed by atoms with Crippen molar-refractivity contribution in [3.8, 4) is 0 Å². The predicted octanol–water partition coefficient (Wildman–Crippen LogP) is 2.80. The fraction of sp³-hybridized carbons (Fsp3) is 0.556. The maximum Gasteiger partial charge on any atom is 0.107 e. The Bertz CT molecular complexity index is 663. The van der Waals surface area contributed by atoms with Gasteiger partial charge in [0.2, 0.25) is 0 Å². The smallest absolute Gasteiger partial charge is 0.107 e. The first-order valence-corrected chi connectivity index (χ1v) is 9.45. The van der Waals surface area contributed by atoms with Crippen LogP contribution >= 0.6 is 11.3 Å². The van der Waals surface area contributed by atoms with Gasteiger partial charge < -0.3 is 9.47 Å². The fourth-order valence-electron chi connectivity index (χ4n) is 3.70. The molecule has 2 bridgehead atoms. The van der Waals surface area contributed by atoms with Crippen molar-refractivity contribution in [1.82, 2.24) is 14.9 Å². The van der Waals surface area contributed by atoms with Gasteiger partial charge in [-0.2, -0.15) is 0 Å². The minimum absolute atomic E-state index is 0.140. The van der Waals surface area contributed by atoms with Gasteiger partial charge in [-0.05, 0) is 37.5 Å². The molecule has 3 atom stereocenters. The molecule has 2 aliphatic rings. The Kier molecular flexibility index (Phi) is 4.89. The zero-order valence-corrected chi connectivity index (χ0v) is 14.7. The largest absolute Gasteiger partial charge is 0.374 e. The summed E-state index contributed by atoms with van der Waals surface area (Å²) in [5, 5.41) is 3.31. The average molecular weight is 345 g/mol. The van der Waals surface area contributed by atoms with Crippen LogP contribution in [0, 0.1) is 6.92 Å². The molecule has 2 aromatic rings. The van der Waals surface area contributed by atoms with E-state index in [2.05, 4.69) is 27.2 Å². The van der Waals surface area contributed by atoms with E-state index in [0.29, 0.717) is 12.6 Å². The summed E-state index contributed by atoms with van der Waals surface area (Å²) in [6.45, 7) is 5.30. The Hall–Kier alpha value is -1.34. The molecule has 1 aliphatic carbocycles. The highest BCUT2D eigenvalue weighted by molar-refractivity contribution is 7.09. The third kappa shape index (κ3) is 3.52. The second-order valence-corrected chi connectivity index (χ2v) is 7.48. The lowest BCUT2D eigenvalue weighted by Crippen LogP contribution is -2.42. The summed E-state index contributed by atoms with van der Waals surface area (Å²) in [5.41, 5.74) is 2.27. The summed E-state index contributed by atoms with van der Waals surface area (Å²) in [5.74, 6) is 0. The monoisotopic (exact) mass is 345 g/mol. The Morgan fingerprint density at radius 2 is 2.21 bits per heavy atom. The summed E-state index contributed by atoms with van der Waals surface area (Å²) < 4.78 is 12.4. The van der Waals surface area contributed by atoms with Gasteiger partial charge in [-0.1, -0.05) is 0 Å². The molecule has 24 heavy (non-hydrogen) atoms. The lowest BCUT2D eigenvalue weighted by Gasteiger charge is -2.30. The highest BCUT2D eigenvalue weighted by Crippen LogP contribution is 2.33. The molecule has 128 valence electrons. The normalized spacial score (nSPS) is 27.3. The van der Waals surface area contributed by atoms with Crippen LogP contribution in [0.3, 0.4) is 0 Å². The van der Waals surface area contributed by atoms with Crippen molar-refractivity contribution in [3.05, 3.63) is 46.2 Å². The molecule has 5 nitrogen and oxygen atoms in total. The van der Waals surface area contributed by atoms with Crippen LogP contribution < -0.4 is 0 Å². The van der Waals surface area contributed by atoms with Crippen molar-refractivity contribution >= 4 is 11.3 Å². The molecule has 0 radical (unpaired) electrons. The molecular weight excluding hydrogens is 322 g/mol. The van der Waals surface area contributed by atoms with Crippen LogP contribution in [0.4, 0.5) is 0 Å². The second kappa shape index (κ2) is 7.27. The first-order chi connectivity index (χ1) is 11.8. The van der Waals surface area contributed by atoms with Crippen LogP contribution in [-0.4, -0.2) is 46.3 Å². The number of aromatic nitrogens is 2. The Morgan fingerprint density at radius 3 is 3.00 bits per heavy atom. The molecule has 2 fully saturated rings. The van der Waals surface area contributed by atoms with Crippen LogP contribution in [0.15, 0.2) is 29.9 Å². The lowest BCUT2D eigenvalue weighted by molar-refractivity contribution is -0.0614. The molecule has 4 rings (SSSR count). The maximum absolute atomic E-state index is 6.30. The molecular formula is C18H23N3O2S. The molecule has 2 aromatic heterocycles. The molecule has 0 unspecified atom stereocenters. The first-order valence-electron chi connectivity index (χ1n) is 8.57. The van der Waals surface area contributed by atoms with Gasteiger partial charge in [-0.25, -0.2) is 4.98 Å². The molecule has 0 N–H and O–H groups in total. The molecule has 6 heteroatoms. The second-order valence-electron chi connectivity index (χ2n) is 6.54. The molecule has 0 amide bonds. The zero-order valence-electron chi connectivity index (χ0n) is 13.9. The minimum atomic E-state index is 0.140. The SMILES string of the molecule is Cc1csc(CN2CCO[C@H]3CC[C@H]2[C@@H]3OCc2ccncc2)n1. The van der Waals surface area contributed by atoms with Gasteiger partial charge in [0, 0.05) is 36.1 Å². The number of thiazole rings is 1. The summed E-state index contributed by atoms with van der Waals surface area (Å²) in [6.07, 6.45) is 6.21. The standard InChI is InChI=1S/C18H23N3O2S/c1-13-12-24-17(20-13)10-21-8-9-22-16-3-2-15(21)18(16)23-11-14-4-6-19-7-5-14/h4-7,12,15-16,18H,2-3,8-11H2,1H3/t15-,16-,18-/m0/s1. The van der Waals surface area contributed by atoms with Crippen molar-refractivity contribution in [2.24, 2.45) is 0 Å². The third-order valence-corrected chi connectivity index (χ3v) is 5.82. The van der Waals surface area contributed by atoms with E-state index in [0.717, 1.165) is 43.8 Å².